The maximum Gasteiger partial charge on any atom is 0.271 e. The van der Waals surface area contributed by atoms with E-state index in [0.717, 1.165) is 12.1 Å². The van der Waals surface area contributed by atoms with Crippen molar-refractivity contribution in [1.82, 2.24) is 20.6 Å². The molecular formula is C20H16F2N4O3. The van der Waals surface area contributed by atoms with Crippen LogP contribution in [0.15, 0.2) is 60.9 Å². The van der Waals surface area contributed by atoms with Gasteiger partial charge in [0.25, 0.3) is 11.8 Å². The van der Waals surface area contributed by atoms with Crippen LogP contribution >= 0.6 is 0 Å². The molecule has 0 spiro atoms. The van der Waals surface area contributed by atoms with Crippen LogP contribution in [0.2, 0.25) is 0 Å². The van der Waals surface area contributed by atoms with Gasteiger partial charge in [0, 0.05) is 13.1 Å². The first-order valence-corrected chi connectivity index (χ1v) is 8.60. The molecule has 1 aromatic heterocycles. The summed E-state index contributed by atoms with van der Waals surface area (Å²) < 4.78 is 32.6. The summed E-state index contributed by atoms with van der Waals surface area (Å²) in [6.45, 7) is 0.00553. The predicted molar refractivity (Wildman–Crippen MR) is 99.6 cm³/mol. The van der Waals surface area contributed by atoms with E-state index in [1.54, 1.807) is 12.1 Å². The Morgan fingerprint density at radius 3 is 2.10 bits per heavy atom. The van der Waals surface area contributed by atoms with Gasteiger partial charge in [-0.1, -0.05) is 24.3 Å². The largest absolute Gasteiger partial charge is 0.438 e. The second-order valence-corrected chi connectivity index (χ2v) is 5.76. The molecule has 3 rings (SSSR count). The van der Waals surface area contributed by atoms with E-state index >= 15 is 0 Å². The van der Waals surface area contributed by atoms with Gasteiger partial charge in [-0.15, -0.1) is 0 Å². The number of benzene rings is 2. The van der Waals surface area contributed by atoms with Crippen LogP contribution in [0.5, 0.6) is 11.6 Å². The van der Waals surface area contributed by atoms with Gasteiger partial charge in [-0.25, -0.2) is 18.7 Å². The standard InChI is InChI=1S/C20H16F2N4O3/c21-14-7-4-8-15(22)18(14)20(28)24-10-9-23-19(27)16-11-26-17(12-25-16)29-13-5-2-1-3-6-13/h1-8,11-12H,9-10H2,(H,23,27)(H,24,28). The number of ether oxygens (including phenoxy) is 1. The summed E-state index contributed by atoms with van der Waals surface area (Å²) in [5, 5.41) is 4.85. The second-order valence-electron chi connectivity index (χ2n) is 5.76. The van der Waals surface area contributed by atoms with E-state index in [-0.39, 0.29) is 24.7 Å². The zero-order chi connectivity index (χ0) is 20.6. The second kappa shape index (κ2) is 9.36. The minimum absolute atomic E-state index is 0.0268. The molecule has 3 aromatic rings. The molecule has 148 valence electrons. The van der Waals surface area contributed by atoms with Gasteiger partial charge in [0.05, 0.1) is 12.4 Å². The summed E-state index contributed by atoms with van der Waals surface area (Å²) in [5.41, 5.74) is -0.615. The Hall–Kier alpha value is -3.88. The number of aromatic nitrogens is 2. The summed E-state index contributed by atoms with van der Waals surface area (Å²) in [6.07, 6.45) is 2.56. The fourth-order valence-corrected chi connectivity index (χ4v) is 2.34. The lowest BCUT2D eigenvalue weighted by molar-refractivity contribution is 0.0920. The van der Waals surface area contributed by atoms with Gasteiger partial charge in [0.2, 0.25) is 5.88 Å². The van der Waals surface area contributed by atoms with Crippen LogP contribution in [-0.2, 0) is 0 Å². The third-order valence-corrected chi connectivity index (χ3v) is 3.71. The zero-order valence-corrected chi connectivity index (χ0v) is 15.1. The van der Waals surface area contributed by atoms with Crippen molar-refractivity contribution in [3.63, 3.8) is 0 Å². The van der Waals surface area contributed by atoms with Crippen LogP contribution in [0.1, 0.15) is 20.8 Å². The van der Waals surface area contributed by atoms with Gasteiger partial charge in [0.1, 0.15) is 28.6 Å². The predicted octanol–water partition coefficient (Wildman–Crippen LogP) is 2.71. The van der Waals surface area contributed by atoms with Crippen LogP contribution in [0.4, 0.5) is 8.78 Å². The van der Waals surface area contributed by atoms with Gasteiger partial charge in [0.15, 0.2) is 0 Å². The van der Waals surface area contributed by atoms with E-state index in [1.165, 1.54) is 18.5 Å². The molecule has 0 fully saturated rings. The SMILES string of the molecule is O=C(NCCNC(=O)c1c(F)cccc1F)c1cnc(Oc2ccccc2)cn1. The lowest BCUT2D eigenvalue weighted by atomic mass is 10.2. The molecule has 9 heteroatoms. The average Bonchev–Trinajstić information content (AvgIpc) is 2.72. The maximum atomic E-state index is 13.5. The fourth-order valence-electron chi connectivity index (χ4n) is 2.34. The van der Waals surface area contributed by atoms with E-state index in [9.17, 15) is 18.4 Å². The Morgan fingerprint density at radius 1 is 0.828 bits per heavy atom. The number of nitrogens with zero attached hydrogens (tertiary/aromatic N) is 2. The highest BCUT2D eigenvalue weighted by atomic mass is 19.1. The van der Waals surface area contributed by atoms with Crippen molar-refractivity contribution in [1.29, 1.82) is 0 Å². The molecule has 29 heavy (non-hydrogen) atoms. The lowest BCUT2D eigenvalue weighted by Crippen LogP contribution is -2.35. The van der Waals surface area contributed by atoms with Gasteiger partial charge in [-0.2, -0.15) is 0 Å². The molecule has 0 unspecified atom stereocenters. The summed E-state index contributed by atoms with van der Waals surface area (Å²) in [7, 11) is 0. The summed E-state index contributed by atoms with van der Waals surface area (Å²) in [6, 6.07) is 12.1. The average molecular weight is 398 g/mol. The van der Waals surface area contributed by atoms with Crippen molar-refractivity contribution in [3.05, 3.63) is 83.8 Å². The van der Waals surface area contributed by atoms with Crippen molar-refractivity contribution < 1.29 is 23.1 Å². The fraction of sp³-hybridized carbons (Fsp3) is 0.100. The maximum absolute atomic E-state index is 13.5. The first kappa shape index (κ1) is 19.9. The number of amides is 2. The number of para-hydroxylation sites is 1. The highest BCUT2D eigenvalue weighted by Crippen LogP contribution is 2.17. The van der Waals surface area contributed by atoms with E-state index in [1.807, 2.05) is 18.2 Å². The molecule has 0 aliphatic carbocycles. The highest BCUT2D eigenvalue weighted by molar-refractivity contribution is 5.95. The molecule has 2 amide bonds. The monoisotopic (exact) mass is 398 g/mol. The molecule has 0 saturated heterocycles. The summed E-state index contributed by atoms with van der Waals surface area (Å²) >= 11 is 0. The summed E-state index contributed by atoms with van der Waals surface area (Å²) in [5.74, 6) is -2.53. The van der Waals surface area contributed by atoms with Crippen molar-refractivity contribution in [2.75, 3.05) is 13.1 Å². The van der Waals surface area contributed by atoms with E-state index in [0.29, 0.717) is 5.75 Å². The van der Waals surface area contributed by atoms with Gasteiger partial charge in [-0.3, -0.25) is 9.59 Å². The van der Waals surface area contributed by atoms with Crippen LogP contribution < -0.4 is 15.4 Å². The van der Waals surface area contributed by atoms with Crippen LogP contribution in [0.3, 0.4) is 0 Å². The van der Waals surface area contributed by atoms with E-state index in [4.69, 9.17) is 4.74 Å². The van der Waals surface area contributed by atoms with Gasteiger partial charge < -0.3 is 15.4 Å². The third-order valence-electron chi connectivity index (χ3n) is 3.71. The Bertz CT molecular complexity index is 978. The molecule has 7 nitrogen and oxygen atoms in total. The molecule has 0 saturated carbocycles. The molecule has 0 aliphatic rings. The minimum atomic E-state index is -0.959. The quantitative estimate of drug-likeness (QED) is 0.597. The van der Waals surface area contributed by atoms with Crippen LogP contribution in [0.25, 0.3) is 0 Å². The van der Waals surface area contributed by atoms with Crippen molar-refractivity contribution in [2.45, 2.75) is 0 Å². The molecule has 0 aliphatic heterocycles. The molecule has 0 bridgehead atoms. The zero-order valence-electron chi connectivity index (χ0n) is 15.1. The first-order chi connectivity index (χ1) is 14.0. The molecule has 0 radical (unpaired) electrons. The van der Waals surface area contributed by atoms with Gasteiger partial charge in [-0.05, 0) is 24.3 Å². The molecular weight excluding hydrogens is 382 g/mol. The topological polar surface area (TPSA) is 93.2 Å². The third kappa shape index (κ3) is 5.32. The first-order valence-electron chi connectivity index (χ1n) is 8.60. The minimum Gasteiger partial charge on any atom is -0.438 e. The Kier molecular flexibility index (Phi) is 6.41. The highest BCUT2D eigenvalue weighted by Gasteiger charge is 2.16. The normalized spacial score (nSPS) is 10.3. The Balaban J connectivity index is 1.46. The van der Waals surface area contributed by atoms with E-state index < -0.39 is 29.0 Å². The smallest absolute Gasteiger partial charge is 0.271 e. The van der Waals surface area contributed by atoms with Crippen molar-refractivity contribution in [3.8, 4) is 11.6 Å². The molecule has 0 atom stereocenters. The lowest BCUT2D eigenvalue weighted by Gasteiger charge is -2.08. The number of rotatable bonds is 7. The Labute approximate surface area is 164 Å². The van der Waals surface area contributed by atoms with Crippen molar-refractivity contribution >= 4 is 11.8 Å². The number of carbonyl (C=O) groups excluding carboxylic acids is 2. The number of nitrogens with one attached hydrogen (secondary N) is 2. The number of hydrogen-bond donors (Lipinski definition) is 2. The van der Waals surface area contributed by atoms with Gasteiger partial charge >= 0.3 is 0 Å². The molecule has 2 N–H and O–H groups in total. The van der Waals surface area contributed by atoms with Crippen LogP contribution in [0, 0.1) is 11.6 Å². The van der Waals surface area contributed by atoms with Crippen LogP contribution in [-0.4, -0.2) is 34.9 Å². The number of carbonyl (C=O) groups is 2. The summed E-state index contributed by atoms with van der Waals surface area (Å²) in [4.78, 5) is 31.9. The van der Waals surface area contributed by atoms with Crippen molar-refractivity contribution in [2.24, 2.45) is 0 Å². The Morgan fingerprint density at radius 2 is 1.48 bits per heavy atom. The molecule has 1 heterocycles. The number of hydrogen-bond acceptors (Lipinski definition) is 5. The molecule has 2 aromatic carbocycles. The van der Waals surface area contributed by atoms with E-state index in [2.05, 4.69) is 20.6 Å². The number of halogens is 2.